The van der Waals surface area contributed by atoms with Crippen LogP contribution in [0.25, 0.3) is 10.9 Å². The van der Waals surface area contributed by atoms with Crippen LogP contribution in [0.3, 0.4) is 0 Å². The molecule has 0 saturated heterocycles. The van der Waals surface area contributed by atoms with Gasteiger partial charge in [0.25, 0.3) is 0 Å². The van der Waals surface area contributed by atoms with E-state index in [2.05, 4.69) is 17.1 Å². The van der Waals surface area contributed by atoms with E-state index in [0.717, 1.165) is 40.1 Å². The number of nitrogens with zero attached hydrogens (tertiary/aromatic N) is 1. The molecule has 6 heteroatoms. The van der Waals surface area contributed by atoms with Gasteiger partial charge in [0.1, 0.15) is 30.5 Å². The molecule has 35 heavy (non-hydrogen) atoms. The van der Waals surface area contributed by atoms with Gasteiger partial charge in [0.15, 0.2) is 6.29 Å². The fourth-order valence-corrected chi connectivity index (χ4v) is 2.66. The third kappa shape index (κ3) is 11.7. The average Bonchev–Trinajstić information content (AvgIpc) is 2.94. The maximum Gasteiger partial charge on any atom is 0.157 e. The first-order valence-corrected chi connectivity index (χ1v) is 11.5. The van der Waals surface area contributed by atoms with Gasteiger partial charge in [-0.2, -0.15) is 0 Å². The molecule has 4 rings (SSSR count). The number of hydrogen-bond donors (Lipinski definition) is 0. The Bertz CT molecular complexity index is 1050. The fraction of sp³-hybridized carbons (Fsp3) is 0.241. The number of methoxy groups -OCH3 is 1. The Morgan fingerprint density at radius 3 is 1.89 bits per heavy atom. The lowest BCUT2D eigenvalue weighted by Crippen LogP contribution is -1.98. The van der Waals surface area contributed by atoms with Crippen LogP contribution in [0.15, 0.2) is 91.0 Å². The SMILES string of the molecule is CC.CC.COc1ccc(OCc2ccc3ccccc3n2)cc1.O.O=CCOc1ccccc1. The standard InChI is InChI=1S/C17H15NO2.C8H8O2.2C2H6.H2O/c1-19-15-8-10-16(11-9-15)20-12-14-7-6-13-4-2-3-5-17(13)18-14;9-6-7-10-8-4-2-1-3-5-8;2*1-2;/h2-11H,12H2,1H3;1-6H,7H2;2*1-2H3;1H2. The molecule has 4 aromatic rings. The molecule has 0 fully saturated rings. The molecule has 0 amide bonds. The zero-order valence-corrected chi connectivity index (χ0v) is 21.2. The largest absolute Gasteiger partial charge is 0.497 e. The van der Waals surface area contributed by atoms with Crippen molar-refractivity contribution in [1.29, 1.82) is 0 Å². The third-order valence-corrected chi connectivity index (χ3v) is 4.16. The first kappa shape index (κ1) is 31.1. The number of para-hydroxylation sites is 2. The van der Waals surface area contributed by atoms with Crippen molar-refractivity contribution < 1.29 is 24.5 Å². The van der Waals surface area contributed by atoms with E-state index in [1.54, 1.807) is 7.11 Å². The predicted molar refractivity (Wildman–Crippen MR) is 143 cm³/mol. The van der Waals surface area contributed by atoms with Crippen molar-refractivity contribution >= 4 is 17.2 Å². The molecule has 188 valence electrons. The lowest BCUT2D eigenvalue weighted by atomic mass is 10.2. The van der Waals surface area contributed by atoms with Crippen LogP contribution in [0.5, 0.6) is 17.2 Å². The van der Waals surface area contributed by atoms with E-state index >= 15 is 0 Å². The number of fused-ring (bicyclic) bond motifs is 1. The monoisotopic (exact) mass is 479 g/mol. The van der Waals surface area contributed by atoms with Gasteiger partial charge in [-0.3, -0.25) is 4.79 Å². The van der Waals surface area contributed by atoms with Gasteiger partial charge in [-0.15, -0.1) is 0 Å². The van der Waals surface area contributed by atoms with Gasteiger partial charge in [-0.05, 0) is 48.5 Å². The molecule has 0 radical (unpaired) electrons. The van der Waals surface area contributed by atoms with Gasteiger partial charge in [-0.25, -0.2) is 4.98 Å². The second-order valence-corrected chi connectivity index (χ2v) is 6.25. The van der Waals surface area contributed by atoms with Gasteiger partial charge in [-0.1, -0.05) is 70.2 Å². The zero-order valence-electron chi connectivity index (χ0n) is 21.2. The van der Waals surface area contributed by atoms with E-state index in [-0.39, 0.29) is 12.1 Å². The molecule has 0 aliphatic rings. The van der Waals surface area contributed by atoms with E-state index in [1.165, 1.54) is 0 Å². The molecule has 2 N–H and O–H groups in total. The molecule has 3 aromatic carbocycles. The lowest BCUT2D eigenvalue weighted by molar-refractivity contribution is -0.109. The number of ether oxygens (including phenoxy) is 3. The molecule has 1 aromatic heterocycles. The zero-order chi connectivity index (χ0) is 25.0. The Kier molecular flexibility index (Phi) is 17.4. The van der Waals surface area contributed by atoms with Crippen molar-refractivity contribution in [2.24, 2.45) is 0 Å². The van der Waals surface area contributed by atoms with Crippen LogP contribution in [0.1, 0.15) is 33.4 Å². The van der Waals surface area contributed by atoms with Gasteiger partial charge < -0.3 is 19.7 Å². The van der Waals surface area contributed by atoms with Crippen LogP contribution in [0.4, 0.5) is 0 Å². The Morgan fingerprint density at radius 2 is 1.26 bits per heavy atom. The molecule has 0 unspecified atom stereocenters. The highest BCUT2D eigenvalue weighted by atomic mass is 16.5. The first-order valence-electron chi connectivity index (χ1n) is 11.5. The maximum atomic E-state index is 9.85. The summed E-state index contributed by atoms with van der Waals surface area (Å²) in [6.07, 6.45) is 0.729. The van der Waals surface area contributed by atoms with Crippen molar-refractivity contribution in [2.75, 3.05) is 13.7 Å². The van der Waals surface area contributed by atoms with E-state index in [0.29, 0.717) is 6.61 Å². The van der Waals surface area contributed by atoms with Crippen molar-refractivity contribution in [2.45, 2.75) is 34.3 Å². The Labute approximate surface area is 208 Å². The number of carbonyl (C=O) groups excluding carboxylic acids is 1. The summed E-state index contributed by atoms with van der Waals surface area (Å²) in [5.74, 6) is 2.36. The van der Waals surface area contributed by atoms with Crippen molar-refractivity contribution in [3.63, 3.8) is 0 Å². The van der Waals surface area contributed by atoms with Crippen LogP contribution in [0, 0.1) is 0 Å². The molecular weight excluding hydrogens is 442 g/mol. The van der Waals surface area contributed by atoms with Gasteiger partial charge in [0, 0.05) is 5.39 Å². The van der Waals surface area contributed by atoms with E-state index in [1.807, 2.05) is 107 Å². The average molecular weight is 480 g/mol. The first-order chi connectivity index (χ1) is 16.8. The van der Waals surface area contributed by atoms with E-state index < -0.39 is 0 Å². The highest BCUT2D eigenvalue weighted by Gasteiger charge is 2.00. The number of rotatable bonds is 7. The van der Waals surface area contributed by atoms with Crippen LogP contribution in [0.2, 0.25) is 0 Å². The molecule has 0 bridgehead atoms. The molecule has 0 spiro atoms. The summed E-state index contributed by atoms with van der Waals surface area (Å²) in [4.78, 5) is 14.4. The smallest absolute Gasteiger partial charge is 0.157 e. The second-order valence-electron chi connectivity index (χ2n) is 6.25. The number of aromatic nitrogens is 1. The lowest BCUT2D eigenvalue weighted by Gasteiger charge is -2.07. The maximum absolute atomic E-state index is 9.85. The summed E-state index contributed by atoms with van der Waals surface area (Å²) >= 11 is 0. The second kappa shape index (κ2) is 19.6. The number of benzene rings is 3. The minimum Gasteiger partial charge on any atom is -0.497 e. The number of aldehydes is 1. The summed E-state index contributed by atoms with van der Waals surface area (Å²) < 4.78 is 15.8. The molecule has 0 aliphatic heterocycles. The van der Waals surface area contributed by atoms with Crippen LogP contribution in [-0.4, -0.2) is 30.5 Å². The number of pyridine rings is 1. The quantitative estimate of drug-likeness (QED) is 0.290. The van der Waals surface area contributed by atoms with E-state index in [4.69, 9.17) is 14.2 Å². The molecule has 0 aliphatic carbocycles. The molecule has 6 nitrogen and oxygen atoms in total. The normalized spacial score (nSPS) is 8.83. The van der Waals surface area contributed by atoms with Crippen LogP contribution in [-0.2, 0) is 11.4 Å². The van der Waals surface area contributed by atoms with Gasteiger partial charge >= 0.3 is 0 Å². The minimum absolute atomic E-state index is 0. The Balaban J connectivity index is 0.000000655. The Morgan fingerprint density at radius 1 is 0.686 bits per heavy atom. The number of hydrogen-bond acceptors (Lipinski definition) is 5. The molecule has 1 heterocycles. The molecule has 0 atom stereocenters. The van der Waals surface area contributed by atoms with E-state index in [9.17, 15) is 4.79 Å². The summed E-state index contributed by atoms with van der Waals surface area (Å²) in [7, 11) is 1.65. The molecular formula is C29H37NO5. The highest BCUT2D eigenvalue weighted by Crippen LogP contribution is 2.18. The Hall–Kier alpha value is -3.90. The molecule has 0 saturated carbocycles. The third-order valence-electron chi connectivity index (χ3n) is 4.16. The van der Waals surface area contributed by atoms with Gasteiger partial charge in [0.05, 0.1) is 18.3 Å². The van der Waals surface area contributed by atoms with Gasteiger partial charge in [0.2, 0.25) is 0 Å². The van der Waals surface area contributed by atoms with Crippen molar-refractivity contribution in [3.05, 3.63) is 96.7 Å². The fourth-order valence-electron chi connectivity index (χ4n) is 2.66. The topological polar surface area (TPSA) is 89.2 Å². The highest BCUT2D eigenvalue weighted by molar-refractivity contribution is 5.78. The van der Waals surface area contributed by atoms with Crippen LogP contribution >= 0.6 is 0 Å². The summed E-state index contributed by atoms with van der Waals surface area (Å²) in [5.41, 5.74) is 1.91. The minimum atomic E-state index is 0. The van der Waals surface area contributed by atoms with Crippen molar-refractivity contribution in [3.8, 4) is 17.2 Å². The van der Waals surface area contributed by atoms with Crippen LogP contribution < -0.4 is 14.2 Å². The van der Waals surface area contributed by atoms with Crippen molar-refractivity contribution in [1.82, 2.24) is 4.98 Å². The number of carbonyl (C=O) groups is 1. The predicted octanol–water partition coefficient (Wildman–Crippen LogP) is 6.31. The summed E-state index contributed by atoms with van der Waals surface area (Å²) in [6, 6.07) is 28.9. The summed E-state index contributed by atoms with van der Waals surface area (Å²) in [5, 5.41) is 1.14. The summed E-state index contributed by atoms with van der Waals surface area (Å²) in [6.45, 7) is 8.58.